The fraction of sp³-hybridized carbons (Fsp3) is 0.586. The van der Waals surface area contributed by atoms with Crippen molar-refractivity contribution in [1.82, 2.24) is 0 Å². The van der Waals surface area contributed by atoms with Gasteiger partial charge in [-0.3, -0.25) is 4.79 Å². The monoisotopic (exact) mass is 448 g/mol. The van der Waals surface area contributed by atoms with E-state index in [-0.39, 0.29) is 39.7 Å². The van der Waals surface area contributed by atoms with E-state index in [4.69, 9.17) is 9.47 Å². The Labute approximate surface area is 197 Å². The second kappa shape index (κ2) is 7.58. The van der Waals surface area contributed by atoms with Gasteiger partial charge < -0.3 is 9.47 Å². The predicted molar refractivity (Wildman–Crippen MR) is 127 cm³/mol. The Morgan fingerprint density at radius 3 is 2.52 bits per heavy atom. The molecule has 176 valence electrons. The topological polar surface area (TPSA) is 52.6 Å². The van der Waals surface area contributed by atoms with Crippen LogP contribution in [0, 0.1) is 27.6 Å². The van der Waals surface area contributed by atoms with E-state index < -0.39 is 0 Å². The van der Waals surface area contributed by atoms with Gasteiger partial charge in [0.2, 0.25) is 0 Å². The number of carbonyl (C=O) groups excluding carboxylic acids is 2. The van der Waals surface area contributed by atoms with Crippen molar-refractivity contribution >= 4 is 11.9 Å². The highest BCUT2D eigenvalue weighted by Crippen LogP contribution is 2.70. The molecule has 0 aliphatic heterocycles. The standard InChI is InChI=1S/C29H36O4/c1-20(30)32-19-27(3)13-8-14-28(4)22(27)12-16-29-18-17-26(2,15-11-23(28)29)25(29)33-24(31)21-9-6-5-7-10-21/h5-7,9-11,17-18,22,25H,8,12-16,19H2,1-4H3/t22-,25-,26+,27-,28-,29+/m1/s1. The molecule has 0 radical (unpaired) electrons. The Kier molecular flexibility index (Phi) is 5.15. The van der Waals surface area contributed by atoms with Gasteiger partial charge in [-0.15, -0.1) is 0 Å². The summed E-state index contributed by atoms with van der Waals surface area (Å²) >= 11 is 0. The zero-order valence-corrected chi connectivity index (χ0v) is 20.4. The normalized spacial score (nSPS) is 40.9. The van der Waals surface area contributed by atoms with Gasteiger partial charge in [0.1, 0.15) is 6.10 Å². The largest absolute Gasteiger partial charge is 0.465 e. The quantitative estimate of drug-likeness (QED) is 0.402. The lowest BCUT2D eigenvalue weighted by molar-refractivity contribution is -0.151. The molecular formula is C29H36O4. The minimum Gasteiger partial charge on any atom is -0.465 e. The van der Waals surface area contributed by atoms with Gasteiger partial charge in [-0.2, -0.15) is 0 Å². The average Bonchev–Trinajstić information content (AvgIpc) is 2.94. The van der Waals surface area contributed by atoms with E-state index in [0.717, 1.165) is 38.5 Å². The molecule has 1 aromatic rings. The minimum absolute atomic E-state index is 0.0127. The summed E-state index contributed by atoms with van der Waals surface area (Å²) in [6.07, 6.45) is 13.2. The Bertz CT molecular complexity index is 1030. The second-order valence-electron chi connectivity index (χ2n) is 11.6. The third-order valence-electron chi connectivity index (χ3n) is 9.43. The summed E-state index contributed by atoms with van der Waals surface area (Å²) in [5, 5.41) is 0. The Morgan fingerprint density at radius 2 is 1.79 bits per heavy atom. The van der Waals surface area contributed by atoms with E-state index in [1.165, 1.54) is 12.5 Å². The Hall–Kier alpha value is -2.36. The van der Waals surface area contributed by atoms with Gasteiger partial charge in [0.05, 0.1) is 12.2 Å². The highest BCUT2D eigenvalue weighted by Gasteiger charge is 2.65. The molecule has 2 bridgehead atoms. The van der Waals surface area contributed by atoms with Crippen LogP contribution in [0.2, 0.25) is 0 Å². The number of allylic oxidation sites excluding steroid dienone is 1. The zero-order chi connectivity index (χ0) is 23.5. The second-order valence-corrected chi connectivity index (χ2v) is 11.6. The fourth-order valence-corrected chi connectivity index (χ4v) is 7.91. The van der Waals surface area contributed by atoms with Gasteiger partial charge in [0, 0.05) is 23.2 Å². The predicted octanol–water partition coefficient (Wildman–Crippen LogP) is 6.27. The fourth-order valence-electron chi connectivity index (χ4n) is 7.91. The molecule has 0 saturated heterocycles. The molecule has 33 heavy (non-hydrogen) atoms. The van der Waals surface area contributed by atoms with Crippen molar-refractivity contribution in [1.29, 1.82) is 0 Å². The van der Waals surface area contributed by atoms with Crippen molar-refractivity contribution < 1.29 is 19.1 Å². The molecule has 0 unspecified atom stereocenters. The first-order valence-electron chi connectivity index (χ1n) is 12.4. The highest BCUT2D eigenvalue weighted by molar-refractivity contribution is 5.89. The SMILES string of the molecule is CC(=O)OC[C@@]1(C)CCC[C@@]2(C)C3=CC[C@@]4(C)C=C[C@]3(CC[C@H]12)[C@@H]4OC(=O)c1ccccc1. The average molecular weight is 449 g/mol. The van der Waals surface area contributed by atoms with Crippen molar-refractivity contribution in [3.8, 4) is 0 Å². The summed E-state index contributed by atoms with van der Waals surface area (Å²) in [7, 11) is 0. The van der Waals surface area contributed by atoms with E-state index in [9.17, 15) is 9.59 Å². The molecule has 2 saturated carbocycles. The van der Waals surface area contributed by atoms with Gasteiger partial charge in [-0.05, 0) is 55.6 Å². The number of fused-ring (bicyclic) bond motifs is 3. The van der Waals surface area contributed by atoms with Crippen molar-refractivity contribution in [2.45, 2.75) is 72.3 Å². The molecule has 1 spiro atoms. The molecule has 4 aliphatic carbocycles. The maximum Gasteiger partial charge on any atom is 0.338 e. The third kappa shape index (κ3) is 3.32. The van der Waals surface area contributed by atoms with Crippen LogP contribution >= 0.6 is 0 Å². The lowest BCUT2D eigenvalue weighted by Gasteiger charge is -2.62. The lowest BCUT2D eigenvalue weighted by atomic mass is 9.43. The molecule has 0 N–H and O–H groups in total. The van der Waals surface area contributed by atoms with Gasteiger partial charge in [0.25, 0.3) is 0 Å². The van der Waals surface area contributed by atoms with E-state index in [2.05, 4.69) is 39.0 Å². The molecular weight excluding hydrogens is 412 g/mol. The van der Waals surface area contributed by atoms with Crippen LogP contribution in [0.4, 0.5) is 0 Å². The summed E-state index contributed by atoms with van der Waals surface area (Å²) in [5.74, 6) is 0.0145. The molecule has 1 aromatic carbocycles. The number of ether oxygens (including phenoxy) is 2. The molecule has 4 heteroatoms. The van der Waals surface area contributed by atoms with E-state index >= 15 is 0 Å². The first-order valence-corrected chi connectivity index (χ1v) is 12.4. The van der Waals surface area contributed by atoms with Gasteiger partial charge >= 0.3 is 11.9 Å². The summed E-state index contributed by atoms with van der Waals surface area (Å²) in [6, 6.07) is 9.34. The number of carbonyl (C=O) groups is 2. The third-order valence-corrected chi connectivity index (χ3v) is 9.43. The van der Waals surface area contributed by atoms with Crippen LogP contribution in [0.5, 0.6) is 0 Å². The Balaban J connectivity index is 1.49. The van der Waals surface area contributed by atoms with E-state index in [1.807, 2.05) is 30.3 Å². The van der Waals surface area contributed by atoms with Crippen LogP contribution in [0.25, 0.3) is 0 Å². The van der Waals surface area contributed by atoms with Gasteiger partial charge in [-0.25, -0.2) is 4.79 Å². The van der Waals surface area contributed by atoms with Gasteiger partial charge in [-0.1, -0.05) is 69.2 Å². The molecule has 0 amide bonds. The van der Waals surface area contributed by atoms with Crippen molar-refractivity contribution in [2.75, 3.05) is 6.61 Å². The van der Waals surface area contributed by atoms with Crippen molar-refractivity contribution in [2.24, 2.45) is 27.6 Å². The number of benzene rings is 1. The molecule has 4 aliphatic rings. The number of rotatable bonds is 4. The summed E-state index contributed by atoms with van der Waals surface area (Å²) in [5.41, 5.74) is 1.64. The van der Waals surface area contributed by atoms with Crippen LogP contribution in [0.1, 0.15) is 76.6 Å². The molecule has 0 aromatic heterocycles. The van der Waals surface area contributed by atoms with E-state index in [0.29, 0.717) is 18.1 Å². The smallest absolute Gasteiger partial charge is 0.338 e. The Morgan fingerprint density at radius 1 is 1.03 bits per heavy atom. The number of hydrogen-bond donors (Lipinski definition) is 0. The minimum atomic E-state index is -0.234. The molecule has 2 fully saturated rings. The van der Waals surface area contributed by atoms with Crippen molar-refractivity contribution in [3.63, 3.8) is 0 Å². The summed E-state index contributed by atoms with van der Waals surface area (Å²) < 4.78 is 11.9. The van der Waals surface area contributed by atoms with Crippen LogP contribution in [0.3, 0.4) is 0 Å². The summed E-state index contributed by atoms with van der Waals surface area (Å²) in [6.45, 7) is 8.94. The molecule has 6 atom stereocenters. The van der Waals surface area contributed by atoms with Crippen LogP contribution < -0.4 is 0 Å². The maximum atomic E-state index is 13.1. The highest BCUT2D eigenvalue weighted by atomic mass is 16.5. The molecule has 4 nitrogen and oxygen atoms in total. The van der Waals surface area contributed by atoms with Gasteiger partial charge in [0.15, 0.2) is 0 Å². The zero-order valence-electron chi connectivity index (χ0n) is 20.4. The lowest BCUT2D eigenvalue weighted by Crippen LogP contribution is -2.58. The first-order chi connectivity index (χ1) is 15.6. The number of esters is 2. The van der Waals surface area contributed by atoms with E-state index in [1.54, 1.807) is 0 Å². The van der Waals surface area contributed by atoms with Crippen LogP contribution in [-0.4, -0.2) is 24.6 Å². The number of hydrogen-bond acceptors (Lipinski definition) is 4. The summed E-state index contributed by atoms with van der Waals surface area (Å²) in [4.78, 5) is 24.7. The van der Waals surface area contributed by atoms with Crippen LogP contribution in [0.15, 0.2) is 54.1 Å². The van der Waals surface area contributed by atoms with Crippen molar-refractivity contribution in [3.05, 3.63) is 59.7 Å². The first kappa shape index (κ1) is 22.4. The molecule has 0 heterocycles. The van der Waals surface area contributed by atoms with Crippen LogP contribution in [-0.2, 0) is 14.3 Å². The maximum absolute atomic E-state index is 13.1. The molecule has 5 rings (SSSR count).